The Balaban J connectivity index is 1.50. The standard InChI is InChI=1S/C19H22FN3O/c1-14-6-7-18(21-12-14)22-19(24)15-8-10-23(11-9-15)13-16-4-2-3-5-17(16)20/h2-7,12,15H,8-11,13H2,1H3,(H,21,22,24). The lowest BCUT2D eigenvalue weighted by Gasteiger charge is -2.31. The molecule has 4 nitrogen and oxygen atoms in total. The van der Waals surface area contributed by atoms with Gasteiger partial charge in [0.15, 0.2) is 0 Å². The number of piperidine rings is 1. The molecule has 1 N–H and O–H groups in total. The maximum Gasteiger partial charge on any atom is 0.228 e. The number of halogens is 1. The fraction of sp³-hybridized carbons (Fsp3) is 0.368. The van der Waals surface area contributed by atoms with E-state index in [0.29, 0.717) is 17.9 Å². The van der Waals surface area contributed by atoms with E-state index in [9.17, 15) is 9.18 Å². The molecule has 5 heteroatoms. The molecule has 0 atom stereocenters. The van der Waals surface area contributed by atoms with Gasteiger partial charge in [-0.3, -0.25) is 9.69 Å². The minimum Gasteiger partial charge on any atom is -0.310 e. The normalized spacial score (nSPS) is 16.1. The summed E-state index contributed by atoms with van der Waals surface area (Å²) >= 11 is 0. The molecule has 1 aliphatic heterocycles. The van der Waals surface area contributed by atoms with Crippen LogP contribution < -0.4 is 5.32 Å². The van der Waals surface area contributed by atoms with Crippen molar-refractivity contribution in [3.8, 4) is 0 Å². The van der Waals surface area contributed by atoms with Crippen LogP contribution in [0.25, 0.3) is 0 Å². The average molecular weight is 327 g/mol. The second-order valence-electron chi connectivity index (χ2n) is 6.35. The van der Waals surface area contributed by atoms with E-state index in [0.717, 1.165) is 31.5 Å². The van der Waals surface area contributed by atoms with Crippen LogP contribution in [0.3, 0.4) is 0 Å². The largest absolute Gasteiger partial charge is 0.310 e. The molecule has 0 aliphatic carbocycles. The van der Waals surface area contributed by atoms with Crippen LogP contribution in [0, 0.1) is 18.7 Å². The van der Waals surface area contributed by atoms with Gasteiger partial charge < -0.3 is 5.32 Å². The summed E-state index contributed by atoms with van der Waals surface area (Å²) < 4.78 is 13.7. The Morgan fingerprint density at radius 3 is 2.67 bits per heavy atom. The lowest BCUT2D eigenvalue weighted by atomic mass is 9.95. The second kappa shape index (κ2) is 7.53. The molecule has 0 saturated carbocycles. The summed E-state index contributed by atoms with van der Waals surface area (Å²) in [5.74, 6) is 0.448. The van der Waals surface area contributed by atoms with Gasteiger partial charge in [0.2, 0.25) is 5.91 Å². The van der Waals surface area contributed by atoms with E-state index in [4.69, 9.17) is 0 Å². The van der Waals surface area contributed by atoms with E-state index >= 15 is 0 Å². The van der Waals surface area contributed by atoms with Crippen molar-refractivity contribution >= 4 is 11.7 Å². The summed E-state index contributed by atoms with van der Waals surface area (Å²) in [6, 6.07) is 10.6. The summed E-state index contributed by atoms with van der Waals surface area (Å²) in [6.07, 6.45) is 3.31. The third-order valence-electron chi connectivity index (χ3n) is 4.47. The predicted octanol–water partition coefficient (Wildman–Crippen LogP) is 3.38. The molecule has 0 spiro atoms. The third kappa shape index (κ3) is 4.17. The van der Waals surface area contributed by atoms with Crippen LogP contribution in [0.1, 0.15) is 24.0 Å². The van der Waals surface area contributed by atoms with Gasteiger partial charge >= 0.3 is 0 Å². The molecule has 1 aliphatic rings. The highest BCUT2D eigenvalue weighted by atomic mass is 19.1. The molecule has 1 saturated heterocycles. The molecular formula is C19H22FN3O. The molecule has 0 radical (unpaired) electrons. The van der Waals surface area contributed by atoms with E-state index in [2.05, 4.69) is 15.2 Å². The molecule has 126 valence electrons. The number of hydrogen-bond donors (Lipinski definition) is 1. The molecule has 1 aromatic heterocycles. The number of nitrogens with one attached hydrogen (secondary N) is 1. The zero-order valence-electron chi connectivity index (χ0n) is 13.8. The monoisotopic (exact) mass is 327 g/mol. The third-order valence-corrected chi connectivity index (χ3v) is 4.47. The number of rotatable bonds is 4. The minimum atomic E-state index is -0.164. The van der Waals surface area contributed by atoms with E-state index in [-0.39, 0.29) is 17.6 Å². The lowest BCUT2D eigenvalue weighted by Crippen LogP contribution is -2.38. The van der Waals surface area contributed by atoms with Crippen LogP contribution in [-0.2, 0) is 11.3 Å². The van der Waals surface area contributed by atoms with Gasteiger partial charge in [0, 0.05) is 24.2 Å². The number of carbonyl (C=O) groups excluding carboxylic acids is 1. The zero-order chi connectivity index (χ0) is 16.9. The minimum absolute atomic E-state index is 0.00928. The van der Waals surface area contributed by atoms with Crippen molar-refractivity contribution in [2.24, 2.45) is 5.92 Å². The molecule has 1 amide bonds. The molecule has 24 heavy (non-hydrogen) atoms. The van der Waals surface area contributed by atoms with Gasteiger partial charge in [0.25, 0.3) is 0 Å². The van der Waals surface area contributed by atoms with Crippen LogP contribution in [0.4, 0.5) is 10.2 Å². The highest BCUT2D eigenvalue weighted by molar-refractivity contribution is 5.91. The van der Waals surface area contributed by atoms with E-state index in [1.807, 2.05) is 31.2 Å². The van der Waals surface area contributed by atoms with Crippen molar-refractivity contribution < 1.29 is 9.18 Å². The molecule has 1 fully saturated rings. The van der Waals surface area contributed by atoms with Crippen LogP contribution in [0.15, 0.2) is 42.6 Å². The Morgan fingerprint density at radius 2 is 2.00 bits per heavy atom. The molecular weight excluding hydrogens is 305 g/mol. The molecule has 0 bridgehead atoms. The summed E-state index contributed by atoms with van der Waals surface area (Å²) in [7, 11) is 0. The summed E-state index contributed by atoms with van der Waals surface area (Å²) in [6.45, 7) is 4.16. The maximum absolute atomic E-state index is 13.7. The van der Waals surface area contributed by atoms with E-state index < -0.39 is 0 Å². The topological polar surface area (TPSA) is 45.2 Å². The Bertz CT molecular complexity index is 694. The van der Waals surface area contributed by atoms with Crippen molar-refractivity contribution in [2.75, 3.05) is 18.4 Å². The summed E-state index contributed by atoms with van der Waals surface area (Å²) in [4.78, 5) is 18.8. The molecule has 0 unspecified atom stereocenters. The molecule has 2 heterocycles. The highest BCUT2D eigenvalue weighted by Crippen LogP contribution is 2.21. The smallest absolute Gasteiger partial charge is 0.228 e. The number of hydrogen-bond acceptors (Lipinski definition) is 3. The summed E-state index contributed by atoms with van der Waals surface area (Å²) in [5, 5.41) is 2.88. The summed E-state index contributed by atoms with van der Waals surface area (Å²) in [5.41, 5.74) is 1.78. The fourth-order valence-electron chi connectivity index (χ4n) is 2.99. The lowest BCUT2D eigenvalue weighted by molar-refractivity contribution is -0.121. The zero-order valence-corrected chi connectivity index (χ0v) is 13.8. The molecule has 1 aromatic carbocycles. The Labute approximate surface area is 141 Å². The number of anilines is 1. The van der Waals surface area contributed by atoms with E-state index in [1.165, 1.54) is 6.07 Å². The van der Waals surface area contributed by atoms with Crippen LogP contribution in [0.5, 0.6) is 0 Å². The van der Waals surface area contributed by atoms with Gasteiger partial charge in [-0.2, -0.15) is 0 Å². The number of pyridine rings is 1. The quantitative estimate of drug-likeness (QED) is 0.936. The van der Waals surface area contributed by atoms with Crippen molar-refractivity contribution in [1.82, 2.24) is 9.88 Å². The van der Waals surface area contributed by atoms with Crippen LogP contribution in [-0.4, -0.2) is 28.9 Å². The number of likely N-dealkylation sites (tertiary alicyclic amines) is 1. The number of benzene rings is 1. The van der Waals surface area contributed by atoms with Crippen molar-refractivity contribution in [1.29, 1.82) is 0 Å². The predicted molar refractivity (Wildman–Crippen MR) is 92.0 cm³/mol. The first-order chi connectivity index (χ1) is 11.6. The molecule has 3 rings (SSSR count). The van der Waals surface area contributed by atoms with E-state index in [1.54, 1.807) is 12.3 Å². The fourth-order valence-corrected chi connectivity index (χ4v) is 2.99. The van der Waals surface area contributed by atoms with Gasteiger partial charge in [-0.05, 0) is 50.6 Å². The SMILES string of the molecule is Cc1ccc(NC(=O)C2CCN(Cc3ccccc3F)CC2)nc1. The van der Waals surface area contributed by atoms with Gasteiger partial charge in [-0.25, -0.2) is 9.37 Å². The molecule has 2 aromatic rings. The highest BCUT2D eigenvalue weighted by Gasteiger charge is 2.25. The van der Waals surface area contributed by atoms with Crippen molar-refractivity contribution in [3.05, 3.63) is 59.5 Å². The van der Waals surface area contributed by atoms with Crippen molar-refractivity contribution in [2.45, 2.75) is 26.3 Å². The Kier molecular flexibility index (Phi) is 5.20. The van der Waals surface area contributed by atoms with Crippen LogP contribution >= 0.6 is 0 Å². The first-order valence-corrected chi connectivity index (χ1v) is 8.31. The first kappa shape index (κ1) is 16.6. The van der Waals surface area contributed by atoms with Gasteiger partial charge in [-0.1, -0.05) is 24.3 Å². The van der Waals surface area contributed by atoms with Gasteiger partial charge in [-0.15, -0.1) is 0 Å². The van der Waals surface area contributed by atoms with Gasteiger partial charge in [0.1, 0.15) is 11.6 Å². The second-order valence-corrected chi connectivity index (χ2v) is 6.35. The van der Waals surface area contributed by atoms with Gasteiger partial charge in [0.05, 0.1) is 0 Å². The average Bonchev–Trinajstić information content (AvgIpc) is 2.59. The Morgan fingerprint density at radius 1 is 1.25 bits per heavy atom. The first-order valence-electron chi connectivity index (χ1n) is 8.31. The number of carbonyl (C=O) groups is 1. The Hall–Kier alpha value is -2.27. The number of aryl methyl sites for hydroxylation is 1. The van der Waals surface area contributed by atoms with Crippen LogP contribution in [0.2, 0.25) is 0 Å². The number of aromatic nitrogens is 1. The number of amides is 1. The maximum atomic E-state index is 13.7. The van der Waals surface area contributed by atoms with Crippen molar-refractivity contribution in [3.63, 3.8) is 0 Å². The number of nitrogens with zero attached hydrogens (tertiary/aromatic N) is 2.